The Labute approximate surface area is 193 Å². The number of cyclic esters (lactones) is 1. The smallest absolute Gasteiger partial charge is 0.416 e. The molecule has 1 fully saturated rings. The molecule has 0 radical (unpaired) electrons. The molecule has 34 heavy (non-hydrogen) atoms. The molecule has 2 aliphatic rings. The summed E-state index contributed by atoms with van der Waals surface area (Å²) >= 11 is 0. The SMILES string of the molecule is Cn1c(=O)ccc2ccc(F)c(CCNC[C@@H]3CN(c4cnc5c(n4)CC(=O)CO5)C(=O)O3)c21. The number of pyridine rings is 1. The van der Waals surface area contributed by atoms with E-state index in [1.807, 2.05) is 0 Å². The minimum atomic E-state index is -0.556. The molecular weight excluding hydrogens is 445 g/mol. The molecule has 1 aromatic carbocycles. The van der Waals surface area contributed by atoms with Crippen molar-refractivity contribution in [3.05, 3.63) is 57.9 Å². The van der Waals surface area contributed by atoms with Crippen molar-refractivity contribution in [3.8, 4) is 5.88 Å². The highest BCUT2D eigenvalue weighted by atomic mass is 19.1. The maximum absolute atomic E-state index is 14.5. The van der Waals surface area contributed by atoms with Gasteiger partial charge in [-0.3, -0.25) is 14.5 Å². The first-order valence-corrected chi connectivity index (χ1v) is 10.9. The fraction of sp³-hybridized carbons (Fsp3) is 0.348. The number of halogens is 1. The predicted molar refractivity (Wildman–Crippen MR) is 120 cm³/mol. The summed E-state index contributed by atoms with van der Waals surface area (Å²) in [5.74, 6) is 0.116. The fourth-order valence-corrected chi connectivity index (χ4v) is 4.23. The molecule has 11 heteroatoms. The summed E-state index contributed by atoms with van der Waals surface area (Å²) < 4.78 is 26.6. The van der Waals surface area contributed by atoms with Crippen molar-refractivity contribution in [2.24, 2.45) is 7.05 Å². The topological polar surface area (TPSA) is 116 Å². The van der Waals surface area contributed by atoms with Crippen molar-refractivity contribution < 1.29 is 23.5 Å². The van der Waals surface area contributed by atoms with E-state index in [2.05, 4.69) is 15.3 Å². The van der Waals surface area contributed by atoms with Gasteiger partial charge in [0.1, 0.15) is 24.2 Å². The number of aryl methyl sites for hydroxylation is 1. The van der Waals surface area contributed by atoms with Crippen LogP contribution in [0.1, 0.15) is 11.3 Å². The molecule has 0 saturated carbocycles. The first-order chi connectivity index (χ1) is 16.4. The van der Waals surface area contributed by atoms with Crippen LogP contribution in [0.25, 0.3) is 10.9 Å². The number of anilines is 1. The van der Waals surface area contributed by atoms with E-state index >= 15 is 0 Å². The van der Waals surface area contributed by atoms with Crippen LogP contribution < -0.4 is 20.5 Å². The van der Waals surface area contributed by atoms with Gasteiger partial charge < -0.3 is 19.4 Å². The normalized spacial score (nSPS) is 17.6. The molecular formula is C23H22FN5O5. The molecule has 0 spiro atoms. The second-order valence-corrected chi connectivity index (χ2v) is 8.25. The zero-order valence-corrected chi connectivity index (χ0v) is 18.4. The van der Waals surface area contributed by atoms with E-state index in [9.17, 15) is 18.8 Å². The van der Waals surface area contributed by atoms with Crippen LogP contribution in [0.2, 0.25) is 0 Å². The van der Waals surface area contributed by atoms with E-state index < -0.39 is 12.2 Å². The van der Waals surface area contributed by atoms with Gasteiger partial charge in [0.15, 0.2) is 11.6 Å². The highest BCUT2D eigenvalue weighted by Crippen LogP contribution is 2.25. The van der Waals surface area contributed by atoms with Gasteiger partial charge in [-0.1, -0.05) is 0 Å². The second kappa shape index (κ2) is 8.82. The van der Waals surface area contributed by atoms with Crippen molar-refractivity contribution in [2.75, 3.05) is 31.1 Å². The number of hydrogen-bond donors (Lipinski definition) is 1. The lowest BCUT2D eigenvalue weighted by Crippen LogP contribution is -2.32. The molecule has 1 N–H and O–H groups in total. The summed E-state index contributed by atoms with van der Waals surface area (Å²) in [7, 11) is 1.62. The van der Waals surface area contributed by atoms with Crippen molar-refractivity contribution >= 4 is 28.6 Å². The summed E-state index contributed by atoms with van der Waals surface area (Å²) in [5.41, 5.74) is 1.22. The Morgan fingerprint density at radius 3 is 2.88 bits per heavy atom. The van der Waals surface area contributed by atoms with E-state index in [-0.39, 0.29) is 36.7 Å². The average Bonchev–Trinajstić information content (AvgIpc) is 3.20. The lowest BCUT2D eigenvalue weighted by Gasteiger charge is -2.17. The Balaban J connectivity index is 1.21. The Morgan fingerprint density at radius 1 is 1.21 bits per heavy atom. The first kappa shape index (κ1) is 22.0. The van der Waals surface area contributed by atoms with Gasteiger partial charge in [-0.25, -0.2) is 19.2 Å². The number of carbonyl (C=O) groups is 2. The number of carbonyl (C=O) groups excluding carboxylic acids is 2. The first-order valence-electron chi connectivity index (χ1n) is 10.9. The lowest BCUT2D eigenvalue weighted by atomic mass is 10.1. The molecule has 0 unspecified atom stereocenters. The van der Waals surface area contributed by atoms with Crippen LogP contribution in [-0.4, -0.2) is 58.8 Å². The Kier molecular flexibility index (Phi) is 5.70. The third-order valence-corrected chi connectivity index (χ3v) is 5.93. The number of fused-ring (bicyclic) bond motifs is 2. The number of amides is 1. The molecule has 4 heterocycles. The number of Topliss-reactive ketones (excluding diaryl/α,β-unsaturated/α-hetero) is 1. The summed E-state index contributed by atoms with van der Waals surface area (Å²) in [4.78, 5) is 45.8. The molecule has 1 amide bonds. The standard InChI is InChI=1S/C23H22FN5O5/c1-28-20(31)5-3-13-2-4-17(24)16(21(13)28)6-7-25-9-15-11-29(23(32)34-15)19-10-26-22-18(27-19)8-14(30)12-33-22/h2-5,10,15,25H,6-9,11-12H2,1H3/t15-/m1/s1. The largest absolute Gasteiger partial charge is 0.468 e. The molecule has 176 valence electrons. The minimum Gasteiger partial charge on any atom is -0.468 e. The van der Waals surface area contributed by atoms with E-state index in [1.54, 1.807) is 19.2 Å². The Morgan fingerprint density at radius 2 is 2.03 bits per heavy atom. The lowest BCUT2D eigenvalue weighted by molar-refractivity contribution is -0.121. The molecule has 1 atom stereocenters. The van der Waals surface area contributed by atoms with Crippen molar-refractivity contribution in [2.45, 2.75) is 18.9 Å². The van der Waals surface area contributed by atoms with Gasteiger partial charge >= 0.3 is 6.09 Å². The maximum Gasteiger partial charge on any atom is 0.416 e. The number of aromatic nitrogens is 3. The number of ketones is 1. The van der Waals surface area contributed by atoms with Gasteiger partial charge in [-0.05, 0) is 36.6 Å². The van der Waals surface area contributed by atoms with Crippen molar-refractivity contribution in [1.29, 1.82) is 0 Å². The van der Waals surface area contributed by atoms with Crippen molar-refractivity contribution in [3.63, 3.8) is 0 Å². The number of benzene rings is 1. The second-order valence-electron chi connectivity index (χ2n) is 8.25. The molecule has 0 aliphatic carbocycles. The average molecular weight is 467 g/mol. The summed E-state index contributed by atoms with van der Waals surface area (Å²) in [6, 6.07) is 6.20. The van der Waals surface area contributed by atoms with Gasteiger partial charge in [0.2, 0.25) is 5.88 Å². The van der Waals surface area contributed by atoms with Crippen LogP contribution in [0.4, 0.5) is 15.0 Å². The van der Waals surface area contributed by atoms with E-state index in [0.717, 1.165) is 5.39 Å². The third-order valence-electron chi connectivity index (χ3n) is 5.93. The van der Waals surface area contributed by atoms with Crippen LogP contribution in [0.3, 0.4) is 0 Å². The van der Waals surface area contributed by atoms with Crippen LogP contribution >= 0.6 is 0 Å². The maximum atomic E-state index is 14.5. The van der Waals surface area contributed by atoms with Crippen LogP contribution in [-0.2, 0) is 29.4 Å². The van der Waals surface area contributed by atoms with Crippen LogP contribution in [0.5, 0.6) is 5.88 Å². The predicted octanol–water partition coefficient (Wildman–Crippen LogP) is 1.13. The van der Waals surface area contributed by atoms with Gasteiger partial charge in [0, 0.05) is 25.2 Å². The summed E-state index contributed by atoms with van der Waals surface area (Å²) in [6.45, 7) is 1.00. The van der Waals surface area contributed by atoms with Gasteiger partial charge in [-0.2, -0.15) is 0 Å². The fourth-order valence-electron chi connectivity index (χ4n) is 4.23. The number of rotatable bonds is 6. The number of nitrogens with one attached hydrogen (secondary N) is 1. The highest BCUT2D eigenvalue weighted by Gasteiger charge is 2.34. The van der Waals surface area contributed by atoms with Gasteiger partial charge in [0.05, 0.1) is 24.7 Å². The van der Waals surface area contributed by atoms with Gasteiger partial charge in [-0.15, -0.1) is 0 Å². The summed E-state index contributed by atoms with van der Waals surface area (Å²) in [6.07, 6.45) is 0.888. The monoisotopic (exact) mass is 467 g/mol. The number of nitrogens with zero attached hydrogens (tertiary/aromatic N) is 4. The molecule has 5 rings (SSSR count). The zero-order chi connectivity index (χ0) is 23.8. The quantitative estimate of drug-likeness (QED) is 0.537. The molecule has 2 aliphatic heterocycles. The Hall–Kier alpha value is -3.86. The van der Waals surface area contributed by atoms with Crippen LogP contribution in [0, 0.1) is 5.82 Å². The van der Waals surface area contributed by atoms with E-state index in [1.165, 1.54) is 27.8 Å². The molecule has 10 nitrogen and oxygen atoms in total. The Bertz CT molecular complexity index is 1360. The van der Waals surface area contributed by atoms with Crippen LogP contribution in [0.15, 0.2) is 35.3 Å². The van der Waals surface area contributed by atoms with E-state index in [4.69, 9.17) is 9.47 Å². The molecule has 3 aromatic rings. The number of hydrogen-bond acceptors (Lipinski definition) is 8. The molecule has 1 saturated heterocycles. The van der Waals surface area contributed by atoms with Crippen molar-refractivity contribution in [1.82, 2.24) is 19.9 Å². The molecule has 2 aromatic heterocycles. The van der Waals surface area contributed by atoms with Gasteiger partial charge in [0.25, 0.3) is 5.56 Å². The minimum absolute atomic E-state index is 0.0283. The van der Waals surface area contributed by atoms with E-state index in [0.29, 0.717) is 48.0 Å². The summed E-state index contributed by atoms with van der Waals surface area (Å²) in [5, 5.41) is 3.98. The third kappa shape index (κ3) is 4.10. The molecule has 0 bridgehead atoms. The highest BCUT2D eigenvalue weighted by molar-refractivity contribution is 5.89. The number of ether oxygens (including phenoxy) is 2. The zero-order valence-electron chi connectivity index (χ0n) is 18.4.